The number of nitrogens with zero attached hydrogens (tertiary/aromatic N) is 4. The molecule has 1 saturated heterocycles. The number of carbonyl (C=O) groups excluding carboxylic acids is 2. The fourth-order valence-electron chi connectivity index (χ4n) is 3.93. The van der Waals surface area contributed by atoms with Crippen LogP contribution in [0.3, 0.4) is 0 Å². The summed E-state index contributed by atoms with van der Waals surface area (Å²) in [6, 6.07) is 3.71. The second kappa shape index (κ2) is 7.27. The Bertz CT molecular complexity index is 788. The van der Waals surface area contributed by atoms with Gasteiger partial charge in [0.1, 0.15) is 6.04 Å². The lowest BCUT2D eigenvalue weighted by Crippen LogP contribution is -2.41. The maximum absolute atomic E-state index is 12.9. The first-order chi connectivity index (χ1) is 12.7. The number of rotatable bonds is 5. The van der Waals surface area contributed by atoms with Crippen molar-refractivity contribution in [3.8, 4) is 0 Å². The number of nitrogens with one attached hydrogen (secondary N) is 1. The van der Waals surface area contributed by atoms with E-state index in [1.807, 2.05) is 21.9 Å². The lowest BCUT2D eigenvalue weighted by Gasteiger charge is -2.35. The van der Waals surface area contributed by atoms with Gasteiger partial charge in [-0.25, -0.2) is 4.98 Å². The van der Waals surface area contributed by atoms with Crippen molar-refractivity contribution in [3.05, 3.63) is 47.8 Å². The number of hydrogen-bond donors (Lipinski definition) is 1. The van der Waals surface area contributed by atoms with Crippen molar-refractivity contribution in [1.29, 1.82) is 0 Å². The Morgan fingerprint density at radius 3 is 2.85 bits per heavy atom. The maximum Gasteiger partial charge on any atom is 0.223 e. The van der Waals surface area contributed by atoms with Crippen LogP contribution < -0.4 is 0 Å². The summed E-state index contributed by atoms with van der Waals surface area (Å²) in [4.78, 5) is 40.2. The number of aromatic amines is 1. The third kappa shape index (κ3) is 3.21. The lowest BCUT2D eigenvalue weighted by atomic mass is 9.96. The molecule has 2 amide bonds. The highest BCUT2D eigenvalue weighted by molar-refractivity contribution is 5.79. The quantitative estimate of drug-likeness (QED) is 0.887. The fourth-order valence-corrected chi connectivity index (χ4v) is 3.93. The molecule has 0 spiro atoms. The van der Waals surface area contributed by atoms with Gasteiger partial charge >= 0.3 is 0 Å². The van der Waals surface area contributed by atoms with Gasteiger partial charge in [0.25, 0.3) is 0 Å². The molecule has 2 aliphatic heterocycles. The number of aromatic nitrogens is 3. The molecule has 2 aromatic rings. The molecule has 1 atom stereocenters. The van der Waals surface area contributed by atoms with E-state index >= 15 is 0 Å². The zero-order valence-electron chi connectivity index (χ0n) is 14.7. The molecule has 136 valence electrons. The normalized spacial score (nSPS) is 19.7. The summed E-state index contributed by atoms with van der Waals surface area (Å²) in [6.45, 7) is 2.17. The van der Waals surface area contributed by atoms with Crippen LogP contribution in [0.2, 0.25) is 0 Å². The second-order valence-corrected chi connectivity index (χ2v) is 6.87. The zero-order valence-corrected chi connectivity index (χ0v) is 14.7. The lowest BCUT2D eigenvalue weighted by molar-refractivity contribution is -0.134. The van der Waals surface area contributed by atoms with Crippen LogP contribution in [0, 0.1) is 0 Å². The molecule has 0 bridgehead atoms. The number of H-pyrrole nitrogens is 1. The van der Waals surface area contributed by atoms with Gasteiger partial charge in [-0.3, -0.25) is 14.6 Å². The van der Waals surface area contributed by atoms with E-state index in [-0.39, 0.29) is 17.9 Å². The first-order valence-corrected chi connectivity index (χ1v) is 9.23. The summed E-state index contributed by atoms with van der Waals surface area (Å²) < 4.78 is 0. The molecular weight excluding hydrogens is 330 g/mol. The average molecular weight is 353 g/mol. The van der Waals surface area contributed by atoms with Crippen molar-refractivity contribution in [2.75, 3.05) is 19.6 Å². The van der Waals surface area contributed by atoms with Gasteiger partial charge < -0.3 is 14.8 Å². The van der Waals surface area contributed by atoms with E-state index in [0.717, 1.165) is 36.3 Å². The summed E-state index contributed by atoms with van der Waals surface area (Å²) in [5.41, 5.74) is 3.04. The number of hydrogen-bond acceptors (Lipinski definition) is 4. The number of fused-ring (bicyclic) bond motifs is 1. The second-order valence-electron chi connectivity index (χ2n) is 6.87. The zero-order chi connectivity index (χ0) is 17.9. The molecule has 26 heavy (non-hydrogen) atoms. The van der Waals surface area contributed by atoms with Gasteiger partial charge in [-0.05, 0) is 30.5 Å². The van der Waals surface area contributed by atoms with Crippen LogP contribution in [0.25, 0.3) is 0 Å². The number of likely N-dealkylation sites (tertiary alicyclic amines) is 1. The van der Waals surface area contributed by atoms with Crippen LogP contribution in [-0.4, -0.2) is 56.2 Å². The smallest absolute Gasteiger partial charge is 0.223 e. The highest BCUT2D eigenvalue weighted by Crippen LogP contribution is 2.33. The third-order valence-electron chi connectivity index (χ3n) is 5.26. The molecule has 2 aromatic heterocycles. The van der Waals surface area contributed by atoms with Gasteiger partial charge in [0.15, 0.2) is 0 Å². The van der Waals surface area contributed by atoms with Crippen LogP contribution in [0.1, 0.15) is 48.7 Å². The molecule has 4 rings (SSSR count). The highest BCUT2D eigenvalue weighted by Gasteiger charge is 2.33. The molecule has 0 saturated carbocycles. The molecule has 0 radical (unpaired) electrons. The summed E-state index contributed by atoms with van der Waals surface area (Å²) in [5, 5.41) is 0. The number of carbonyl (C=O) groups is 2. The molecule has 0 aliphatic carbocycles. The third-order valence-corrected chi connectivity index (χ3v) is 5.26. The number of imidazole rings is 1. The molecule has 7 nitrogen and oxygen atoms in total. The van der Waals surface area contributed by atoms with Crippen LogP contribution in [0.15, 0.2) is 30.9 Å². The standard InChI is InChI=1S/C19H23N5O2/c25-16-3-1-10-23(16)11-2-4-17(26)24-12-7-15-18(22-13-21-15)19(24)14-5-8-20-9-6-14/h5-6,8-9,13,19H,1-4,7,10-12H2,(H,21,22)/t19-/m0/s1. The first kappa shape index (κ1) is 16.8. The van der Waals surface area contributed by atoms with Gasteiger partial charge in [0.05, 0.1) is 12.0 Å². The Hall–Kier alpha value is -2.70. The topological polar surface area (TPSA) is 82.2 Å². The molecule has 0 unspecified atom stereocenters. The molecule has 1 fully saturated rings. The predicted molar refractivity (Wildman–Crippen MR) is 95.1 cm³/mol. The average Bonchev–Trinajstić information content (AvgIpc) is 3.30. The molecule has 2 aliphatic rings. The number of pyridine rings is 1. The Kier molecular flexibility index (Phi) is 4.69. The summed E-state index contributed by atoms with van der Waals surface area (Å²) in [7, 11) is 0. The molecule has 7 heteroatoms. The van der Waals surface area contributed by atoms with E-state index < -0.39 is 0 Å². The van der Waals surface area contributed by atoms with Gasteiger partial charge in [0.2, 0.25) is 11.8 Å². The summed E-state index contributed by atoms with van der Waals surface area (Å²) >= 11 is 0. The minimum atomic E-state index is -0.172. The Morgan fingerprint density at radius 2 is 2.08 bits per heavy atom. The number of amides is 2. The van der Waals surface area contributed by atoms with E-state index in [0.29, 0.717) is 32.4 Å². The monoisotopic (exact) mass is 353 g/mol. The SMILES string of the molecule is O=C1CCCN1CCCC(=O)N1CCc2[nH]cnc2[C@@H]1c1ccncc1. The van der Waals surface area contributed by atoms with Crippen molar-refractivity contribution in [3.63, 3.8) is 0 Å². The molecule has 4 heterocycles. The van der Waals surface area contributed by atoms with Crippen molar-refractivity contribution in [2.24, 2.45) is 0 Å². The van der Waals surface area contributed by atoms with E-state index in [9.17, 15) is 9.59 Å². The molecule has 0 aromatic carbocycles. The predicted octanol–water partition coefficient (Wildman–Crippen LogP) is 1.68. The van der Waals surface area contributed by atoms with Gasteiger partial charge in [-0.2, -0.15) is 0 Å². The van der Waals surface area contributed by atoms with Crippen LogP contribution in [0.5, 0.6) is 0 Å². The molecule has 1 N–H and O–H groups in total. The molecular formula is C19H23N5O2. The Morgan fingerprint density at radius 1 is 1.23 bits per heavy atom. The highest BCUT2D eigenvalue weighted by atomic mass is 16.2. The van der Waals surface area contributed by atoms with Gasteiger partial charge in [-0.15, -0.1) is 0 Å². The van der Waals surface area contributed by atoms with Crippen molar-refractivity contribution in [1.82, 2.24) is 24.8 Å². The van der Waals surface area contributed by atoms with Crippen LogP contribution >= 0.6 is 0 Å². The van der Waals surface area contributed by atoms with Crippen molar-refractivity contribution < 1.29 is 9.59 Å². The van der Waals surface area contributed by atoms with Crippen LogP contribution in [0.4, 0.5) is 0 Å². The van der Waals surface area contributed by atoms with Gasteiger partial charge in [-0.1, -0.05) is 0 Å². The fraction of sp³-hybridized carbons (Fsp3) is 0.474. The minimum absolute atomic E-state index is 0.118. The summed E-state index contributed by atoms with van der Waals surface area (Å²) in [5.74, 6) is 0.332. The van der Waals surface area contributed by atoms with E-state index in [4.69, 9.17) is 0 Å². The maximum atomic E-state index is 12.9. The van der Waals surface area contributed by atoms with Crippen molar-refractivity contribution in [2.45, 2.75) is 38.1 Å². The Labute approximate surface area is 152 Å². The Balaban J connectivity index is 1.47. The first-order valence-electron chi connectivity index (χ1n) is 9.23. The largest absolute Gasteiger partial charge is 0.348 e. The van der Waals surface area contributed by atoms with E-state index in [2.05, 4.69) is 15.0 Å². The van der Waals surface area contributed by atoms with Crippen molar-refractivity contribution >= 4 is 11.8 Å². The summed E-state index contributed by atoms with van der Waals surface area (Å²) in [6.07, 6.45) is 8.72. The van der Waals surface area contributed by atoms with Crippen LogP contribution in [-0.2, 0) is 16.0 Å². The minimum Gasteiger partial charge on any atom is -0.348 e. The van der Waals surface area contributed by atoms with Gasteiger partial charge in [0, 0.05) is 57.0 Å². The van der Waals surface area contributed by atoms with E-state index in [1.54, 1.807) is 18.7 Å². The van der Waals surface area contributed by atoms with E-state index in [1.165, 1.54) is 0 Å².